The van der Waals surface area contributed by atoms with Gasteiger partial charge in [0, 0.05) is 6.54 Å². The van der Waals surface area contributed by atoms with Crippen molar-refractivity contribution in [3.63, 3.8) is 0 Å². The van der Waals surface area contributed by atoms with Gasteiger partial charge in [-0.3, -0.25) is 24.0 Å². The number of anilines is 1. The number of aromatic nitrogens is 2. The number of amidine groups is 1. The Hall–Kier alpha value is -3.73. The molecule has 0 radical (unpaired) electrons. The molecule has 2 atom stereocenters. The molecule has 41 heavy (non-hydrogen) atoms. The number of aliphatic imine (C=N–C) groups is 1. The second-order valence-electron chi connectivity index (χ2n) is 10.2. The molecule has 1 fully saturated rings. The summed E-state index contributed by atoms with van der Waals surface area (Å²) in [6.07, 6.45) is -4.13. The number of nitrogens with one attached hydrogen (secondary N) is 3. The summed E-state index contributed by atoms with van der Waals surface area (Å²) in [5.41, 5.74) is -2.10. The summed E-state index contributed by atoms with van der Waals surface area (Å²) in [6, 6.07) is 4.34. The zero-order valence-electron chi connectivity index (χ0n) is 21.9. The van der Waals surface area contributed by atoms with E-state index in [0.29, 0.717) is 13.0 Å². The molecular formula is C24H27F5N6O5S. The molecule has 17 heteroatoms. The second kappa shape index (κ2) is 10.6. The number of thiol groups is 1. The first-order chi connectivity index (χ1) is 19.0. The lowest BCUT2D eigenvalue weighted by molar-refractivity contribution is -0.148. The van der Waals surface area contributed by atoms with Gasteiger partial charge in [0.15, 0.2) is 6.61 Å². The fourth-order valence-corrected chi connectivity index (χ4v) is 8.52. The number of halogens is 5. The molecule has 11 nitrogen and oxygen atoms in total. The summed E-state index contributed by atoms with van der Waals surface area (Å²) in [7, 11) is -3.42. The normalized spacial score (nSPS) is 23.7. The van der Waals surface area contributed by atoms with Crippen LogP contribution in [0.3, 0.4) is 0 Å². The van der Waals surface area contributed by atoms with Crippen LogP contribution in [-0.2, 0) is 15.7 Å². The highest BCUT2D eigenvalue weighted by molar-refractivity contribution is 8.04. The number of pyridine rings is 2. The molecule has 4 N–H and O–H groups in total. The molecular weight excluding hydrogens is 579 g/mol. The number of amides is 2. The number of rotatable bonds is 7. The summed E-state index contributed by atoms with van der Waals surface area (Å²) in [6.45, 7) is 3.39. The maximum Gasteiger partial charge on any atom is 0.410 e. The van der Waals surface area contributed by atoms with E-state index < -0.39 is 62.4 Å². The Labute approximate surface area is 231 Å². The summed E-state index contributed by atoms with van der Waals surface area (Å²) in [4.78, 5) is 36.8. The third-order valence-corrected chi connectivity index (χ3v) is 11.3. The van der Waals surface area contributed by atoms with Gasteiger partial charge in [0.25, 0.3) is 5.91 Å². The van der Waals surface area contributed by atoms with Crippen molar-refractivity contribution in [2.45, 2.75) is 55.1 Å². The Bertz CT molecular complexity index is 1440. The lowest BCUT2D eigenvalue weighted by atomic mass is 9.89. The summed E-state index contributed by atoms with van der Waals surface area (Å²) >= 11 is 0. The zero-order valence-corrected chi connectivity index (χ0v) is 22.8. The molecule has 4 heterocycles. The van der Waals surface area contributed by atoms with Gasteiger partial charge in [0.05, 0.1) is 16.2 Å². The van der Waals surface area contributed by atoms with Crippen LogP contribution < -0.4 is 20.1 Å². The van der Waals surface area contributed by atoms with E-state index in [1.165, 1.54) is 6.92 Å². The van der Waals surface area contributed by atoms with Crippen molar-refractivity contribution in [2.75, 3.05) is 18.5 Å². The van der Waals surface area contributed by atoms with E-state index in [9.17, 15) is 36.5 Å². The monoisotopic (exact) mass is 606 g/mol. The molecule has 2 aromatic rings. The fraction of sp³-hybridized carbons (Fsp3) is 0.458. The van der Waals surface area contributed by atoms with Gasteiger partial charge in [0.1, 0.15) is 40.1 Å². The van der Waals surface area contributed by atoms with Crippen LogP contribution >= 0.6 is 0 Å². The molecule has 0 aliphatic carbocycles. The lowest BCUT2D eigenvalue weighted by Crippen LogP contribution is -2.66. The molecule has 0 spiro atoms. The highest BCUT2D eigenvalue weighted by atomic mass is 32.3. The largest absolute Gasteiger partial charge is 0.485 e. The summed E-state index contributed by atoms with van der Waals surface area (Å²) in [5.74, 6) is -6.59. The van der Waals surface area contributed by atoms with Gasteiger partial charge in [-0.1, -0.05) is 0 Å². The van der Waals surface area contributed by atoms with Crippen LogP contribution in [0, 0.1) is 5.82 Å². The number of fused-ring (bicyclic) bond motifs is 1. The van der Waals surface area contributed by atoms with Crippen LogP contribution in [0.15, 0.2) is 35.5 Å². The molecule has 4 rings (SSSR count). The Morgan fingerprint density at radius 3 is 2.54 bits per heavy atom. The minimum absolute atomic E-state index is 0.130. The van der Waals surface area contributed by atoms with Gasteiger partial charge < -0.3 is 15.2 Å². The number of alkyl halides is 4. The number of carbonyl (C=O) groups is 2. The van der Waals surface area contributed by atoms with Crippen molar-refractivity contribution in [1.82, 2.24) is 20.0 Å². The highest BCUT2D eigenvalue weighted by Gasteiger charge is 2.59. The molecule has 1 saturated heterocycles. The fourth-order valence-electron chi connectivity index (χ4n) is 4.87. The molecule has 0 aromatic carbocycles. The van der Waals surface area contributed by atoms with Gasteiger partial charge in [0.2, 0.25) is 0 Å². The molecule has 224 valence electrons. The maximum atomic E-state index is 15.3. The van der Waals surface area contributed by atoms with Crippen molar-refractivity contribution in [3.05, 3.63) is 47.7 Å². The van der Waals surface area contributed by atoms with Gasteiger partial charge in [-0.15, -0.1) is 0 Å². The summed E-state index contributed by atoms with van der Waals surface area (Å²) in [5, 5.41) is 13.2. The van der Waals surface area contributed by atoms with E-state index in [-0.39, 0.29) is 28.8 Å². The van der Waals surface area contributed by atoms with Gasteiger partial charge in [-0.2, -0.15) is 8.78 Å². The third-order valence-electron chi connectivity index (χ3n) is 7.12. The Morgan fingerprint density at radius 2 is 1.93 bits per heavy atom. The van der Waals surface area contributed by atoms with Crippen molar-refractivity contribution in [1.29, 1.82) is 0 Å². The first kappa shape index (κ1) is 30.2. The van der Waals surface area contributed by atoms with E-state index in [1.807, 2.05) is 0 Å². The standard InChI is InChI=1S/C24H27F5N6O5S/c1-22(2)20(34-21(37)38)35-23(3,15-8-9-31-41(15,22)39)17-13(25)5-7-16(32-17)33-18(36)14-6-4-12(10-30-14)40-11-24(28,29)19(26)27/h4-7,10,15,19,41H,8-9,11H2,1-3H3,(H,31,39)(H,34,35)(H,37,38)(H,32,33,36)/t15-,23-/m0/s1. The number of hydrogen-bond acceptors (Lipinski definition) is 7. The van der Waals surface area contributed by atoms with Crippen LogP contribution in [0.4, 0.5) is 32.6 Å². The average molecular weight is 607 g/mol. The van der Waals surface area contributed by atoms with Crippen LogP contribution in [0.1, 0.15) is 43.4 Å². The van der Waals surface area contributed by atoms with Crippen LogP contribution in [0.2, 0.25) is 0 Å². The quantitative estimate of drug-likeness (QED) is 0.240. The van der Waals surface area contributed by atoms with Gasteiger partial charge >= 0.3 is 18.4 Å². The predicted octanol–water partition coefficient (Wildman–Crippen LogP) is 3.11. The Kier molecular flexibility index (Phi) is 7.81. The van der Waals surface area contributed by atoms with E-state index >= 15 is 4.39 Å². The van der Waals surface area contributed by atoms with E-state index in [2.05, 4.69) is 35.1 Å². The van der Waals surface area contributed by atoms with Crippen LogP contribution in [0.5, 0.6) is 5.75 Å². The first-order valence-electron chi connectivity index (χ1n) is 12.2. The molecule has 0 unspecified atom stereocenters. The SMILES string of the molecule is CC1(C)C(NC(=O)O)=N[C@](C)(c2nc(NC(=O)c3ccc(OCC(F)(F)C(F)F)cn3)ccc2F)[C@@H]2CCN[SH]21=O. The van der Waals surface area contributed by atoms with E-state index in [0.717, 1.165) is 30.5 Å². The Morgan fingerprint density at radius 1 is 1.22 bits per heavy atom. The second-order valence-corrected chi connectivity index (χ2v) is 13.6. The van der Waals surface area contributed by atoms with Crippen molar-refractivity contribution < 1.29 is 45.6 Å². The maximum absolute atomic E-state index is 15.3. The smallest absolute Gasteiger partial charge is 0.410 e. The minimum Gasteiger partial charge on any atom is -0.485 e. The lowest BCUT2D eigenvalue weighted by Gasteiger charge is -2.50. The number of hydrogen-bond donors (Lipinski definition) is 5. The molecule has 2 aliphatic rings. The van der Waals surface area contributed by atoms with Crippen molar-refractivity contribution in [3.8, 4) is 5.75 Å². The highest BCUT2D eigenvalue weighted by Crippen LogP contribution is 2.48. The number of carbonyl (C=O) groups excluding carboxylic acids is 1. The average Bonchev–Trinajstić information content (AvgIpc) is 3.32. The van der Waals surface area contributed by atoms with Crippen molar-refractivity contribution >= 4 is 33.8 Å². The topological polar surface area (TPSA) is 155 Å². The molecule has 0 bridgehead atoms. The van der Waals surface area contributed by atoms with E-state index in [4.69, 9.17) is 0 Å². The zero-order chi connectivity index (χ0) is 30.4. The predicted molar refractivity (Wildman–Crippen MR) is 139 cm³/mol. The minimum atomic E-state index is -4.37. The van der Waals surface area contributed by atoms with Crippen molar-refractivity contribution in [2.24, 2.45) is 4.99 Å². The molecule has 0 saturated carbocycles. The Balaban J connectivity index is 1.61. The number of ether oxygens (including phenoxy) is 1. The van der Waals surface area contributed by atoms with Gasteiger partial charge in [-0.25, -0.2) is 27.9 Å². The van der Waals surface area contributed by atoms with Crippen LogP contribution in [-0.4, -0.2) is 72.6 Å². The van der Waals surface area contributed by atoms with Gasteiger partial charge in [-0.05, 0) is 61.6 Å². The third kappa shape index (κ3) is 5.47. The van der Waals surface area contributed by atoms with E-state index in [1.54, 1.807) is 13.8 Å². The summed E-state index contributed by atoms with van der Waals surface area (Å²) < 4.78 is 86.6. The first-order valence-corrected chi connectivity index (χ1v) is 14.0. The molecule has 2 aliphatic heterocycles. The number of carboxylic acid groups (broad SMARTS) is 1. The van der Waals surface area contributed by atoms with Crippen LogP contribution in [0.25, 0.3) is 0 Å². The number of nitrogens with zero attached hydrogens (tertiary/aromatic N) is 3. The molecule has 2 amide bonds. The molecule has 2 aromatic heterocycles.